The second-order valence-electron chi connectivity index (χ2n) is 5.60. The third-order valence-corrected chi connectivity index (χ3v) is 3.83. The molecular formula is C19H26N2O. The lowest BCUT2D eigenvalue weighted by molar-refractivity contribution is 0.0955. The number of unbranched alkanes of at least 4 members (excludes halogenated alkanes) is 2. The fraction of sp³-hybridized carbons (Fsp3) is 0.421. The van der Waals surface area contributed by atoms with Crippen LogP contribution in [0.1, 0.15) is 49.9 Å². The lowest BCUT2D eigenvalue weighted by Gasteiger charge is -2.13. The van der Waals surface area contributed by atoms with Crippen LogP contribution in [-0.2, 0) is 0 Å². The minimum atomic E-state index is 0.0183. The highest BCUT2D eigenvalue weighted by molar-refractivity contribution is 6.10. The summed E-state index contributed by atoms with van der Waals surface area (Å²) in [7, 11) is 0. The van der Waals surface area contributed by atoms with Gasteiger partial charge in [-0.1, -0.05) is 51.0 Å². The van der Waals surface area contributed by atoms with E-state index in [1.807, 2.05) is 30.3 Å². The third kappa shape index (κ3) is 4.00. The molecule has 0 heterocycles. The highest BCUT2D eigenvalue weighted by Crippen LogP contribution is 2.26. The lowest BCUT2D eigenvalue weighted by atomic mass is 10.0. The number of benzene rings is 2. The van der Waals surface area contributed by atoms with Gasteiger partial charge < -0.3 is 10.6 Å². The van der Waals surface area contributed by atoms with E-state index >= 15 is 0 Å². The first-order chi connectivity index (χ1) is 10.8. The number of carbonyl (C=O) groups excluding carboxylic acids is 1. The fourth-order valence-corrected chi connectivity index (χ4v) is 2.52. The summed E-state index contributed by atoms with van der Waals surface area (Å²) in [5.74, 6) is 0.0183. The molecule has 2 rings (SSSR count). The van der Waals surface area contributed by atoms with Crippen LogP contribution < -0.4 is 10.6 Å². The smallest absolute Gasteiger partial charge is 0.251 e. The molecule has 118 valence electrons. The standard InChI is InChI=1S/C19H26N2O/c1-3-5-13-20-18-12-11-17(19(22)21-14-6-4-2)15-9-7-8-10-16(15)18/h7-12,20H,3-6,13-14H2,1-2H3,(H,21,22). The summed E-state index contributed by atoms with van der Waals surface area (Å²) in [4.78, 5) is 12.4. The summed E-state index contributed by atoms with van der Waals surface area (Å²) in [6, 6.07) is 12.1. The molecule has 3 nitrogen and oxygen atoms in total. The summed E-state index contributed by atoms with van der Waals surface area (Å²) < 4.78 is 0. The van der Waals surface area contributed by atoms with Gasteiger partial charge >= 0.3 is 0 Å². The van der Waals surface area contributed by atoms with Crippen molar-refractivity contribution in [1.29, 1.82) is 0 Å². The van der Waals surface area contributed by atoms with E-state index < -0.39 is 0 Å². The monoisotopic (exact) mass is 298 g/mol. The van der Waals surface area contributed by atoms with Crippen molar-refractivity contribution in [3.63, 3.8) is 0 Å². The van der Waals surface area contributed by atoms with Crippen molar-refractivity contribution in [3.05, 3.63) is 42.0 Å². The van der Waals surface area contributed by atoms with Gasteiger partial charge in [-0.2, -0.15) is 0 Å². The van der Waals surface area contributed by atoms with Crippen LogP contribution in [-0.4, -0.2) is 19.0 Å². The van der Waals surface area contributed by atoms with Crippen molar-refractivity contribution in [2.45, 2.75) is 39.5 Å². The molecule has 0 bridgehead atoms. The van der Waals surface area contributed by atoms with E-state index in [0.717, 1.165) is 54.4 Å². The van der Waals surface area contributed by atoms with Crippen LogP contribution in [0.2, 0.25) is 0 Å². The average molecular weight is 298 g/mol. The van der Waals surface area contributed by atoms with Crippen LogP contribution >= 0.6 is 0 Å². The molecule has 0 fully saturated rings. The maximum Gasteiger partial charge on any atom is 0.251 e. The Hall–Kier alpha value is -2.03. The summed E-state index contributed by atoms with van der Waals surface area (Å²) in [6.45, 7) is 6.00. The Morgan fingerprint density at radius 1 is 0.909 bits per heavy atom. The fourth-order valence-electron chi connectivity index (χ4n) is 2.52. The molecule has 1 amide bonds. The number of carbonyl (C=O) groups is 1. The van der Waals surface area contributed by atoms with Crippen molar-refractivity contribution >= 4 is 22.4 Å². The molecule has 2 aromatic rings. The van der Waals surface area contributed by atoms with Crippen LogP contribution in [0.5, 0.6) is 0 Å². The summed E-state index contributed by atoms with van der Waals surface area (Å²) in [5, 5.41) is 8.60. The highest BCUT2D eigenvalue weighted by Gasteiger charge is 2.11. The Morgan fingerprint density at radius 2 is 1.59 bits per heavy atom. The van der Waals surface area contributed by atoms with Gasteiger partial charge in [0.05, 0.1) is 0 Å². The second kappa shape index (κ2) is 8.42. The number of nitrogens with one attached hydrogen (secondary N) is 2. The summed E-state index contributed by atoms with van der Waals surface area (Å²) >= 11 is 0. The molecule has 3 heteroatoms. The number of amides is 1. The minimum absolute atomic E-state index is 0.0183. The zero-order valence-corrected chi connectivity index (χ0v) is 13.6. The summed E-state index contributed by atoms with van der Waals surface area (Å²) in [5.41, 5.74) is 1.86. The maximum absolute atomic E-state index is 12.4. The SMILES string of the molecule is CCCCNC(=O)c1ccc(NCCCC)c2ccccc12. The van der Waals surface area contributed by atoms with Crippen LogP contribution in [0.15, 0.2) is 36.4 Å². The zero-order valence-electron chi connectivity index (χ0n) is 13.6. The number of hydrogen-bond acceptors (Lipinski definition) is 2. The first-order valence-corrected chi connectivity index (χ1v) is 8.31. The molecule has 0 saturated carbocycles. The van der Waals surface area contributed by atoms with Gasteiger partial charge in [0.25, 0.3) is 5.91 Å². The Kier molecular flexibility index (Phi) is 6.26. The molecule has 0 spiro atoms. The van der Waals surface area contributed by atoms with Gasteiger partial charge in [0, 0.05) is 29.7 Å². The zero-order chi connectivity index (χ0) is 15.8. The molecule has 0 atom stereocenters. The molecule has 0 radical (unpaired) electrons. The Bertz CT molecular complexity index is 622. The largest absolute Gasteiger partial charge is 0.385 e. The third-order valence-electron chi connectivity index (χ3n) is 3.83. The Morgan fingerprint density at radius 3 is 2.32 bits per heavy atom. The molecule has 2 aromatic carbocycles. The lowest BCUT2D eigenvalue weighted by Crippen LogP contribution is -2.24. The topological polar surface area (TPSA) is 41.1 Å². The van der Waals surface area contributed by atoms with Crippen LogP contribution in [0.3, 0.4) is 0 Å². The van der Waals surface area contributed by atoms with E-state index in [0.29, 0.717) is 0 Å². The van der Waals surface area contributed by atoms with Crippen molar-refractivity contribution in [3.8, 4) is 0 Å². The van der Waals surface area contributed by atoms with Gasteiger partial charge in [0.1, 0.15) is 0 Å². The van der Waals surface area contributed by atoms with E-state index in [1.54, 1.807) is 0 Å². The first kappa shape index (κ1) is 16.3. The van der Waals surface area contributed by atoms with E-state index in [-0.39, 0.29) is 5.91 Å². The second-order valence-corrected chi connectivity index (χ2v) is 5.60. The number of fused-ring (bicyclic) bond motifs is 1. The van der Waals surface area contributed by atoms with Gasteiger partial charge in [-0.05, 0) is 30.4 Å². The van der Waals surface area contributed by atoms with Gasteiger partial charge in [-0.15, -0.1) is 0 Å². The van der Waals surface area contributed by atoms with E-state index in [4.69, 9.17) is 0 Å². The summed E-state index contributed by atoms with van der Waals surface area (Å²) in [6.07, 6.45) is 4.41. The van der Waals surface area contributed by atoms with E-state index in [9.17, 15) is 4.79 Å². The number of anilines is 1. The van der Waals surface area contributed by atoms with Gasteiger partial charge in [0.2, 0.25) is 0 Å². The number of hydrogen-bond donors (Lipinski definition) is 2. The Balaban J connectivity index is 2.25. The van der Waals surface area contributed by atoms with Crippen molar-refractivity contribution in [2.24, 2.45) is 0 Å². The highest BCUT2D eigenvalue weighted by atomic mass is 16.1. The molecule has 0 aliphatic rings. The first-order valence-electron chi connectivity index (χ1n) is 8.31. The predicted octanol–water partition coefficient (Wildman–Crippen LogP) is 4.58. The molecule has 0 aromatic heterocycles. The van der Waals surface area contributed by atoms with Crippen LogP contribution in [0.25, 0.3) is 10.8 Å². The minimum Gasteiger partial charge on any atom is -0.385 e. The van der Waals surface area contributed by atoms with E-state index in [2.05, 4.69) is 30.5 Å². The average Bonchev–Trinajstić information content (AvgIpc) is 2.55. The van der Waals surface area contributed by atoms with Gasteiger partial charge in [-0.3, -0.25) is 4.79 Å². The molecule has 0 aliphatic heterocycles. The van der Waals surface area contributed by atoms with Gasteiger partial charge in [-0.25, -0.2) is 0 Å². The molecule has 22 heavy (non-hydrogen) atoms. The normalized spacial score (nSPS) is 10.6. The van der Waals surface area contributed by atoms with Crippen molar-refractivity contribution in [1.82, 2.24) is 5.32 Å². The molecule has 0 aliphatic carbocycles. The van der Waals surface area contributed by atoms with Crippen LogP contribution in [0, 0.1) is 0 Å². The predicted molar refractivity (Wildman–Crippen MR) is 94.6 cm³/mol. The maximum atomic E-state index is 12.4. The molecule has 0 saturated heterocycles. The van der Waals surface area contributed by atoms with E-state index in [1.165, 1.54) is 6.42 Å². The molecular weight excluding hydrogens is 272 g/mol. The van der Waals surface area contributed by atoms with Gasteiger partial charge in [0.15, 0.2) is 0 Å². The Labute approximate surface area is 133 Å². The van der Waals surface area contributed by atoms with Crippen molar-refractivity contribution in [2.75, 3.05) is 18.4 Å². The van der Waals surface area contributed by atoms with Crippen molar-refractivity contribution < 1.29 is 4.79 Å². The molecule has 0 unspecified atom stereocenters. The van der Waals surface area contributed by atoms with Crippen LogP contribution in [0.4, 0.5) is 5.69 Å². The molecule has 2 N–H and O–H groups in total. The number of rotatable bonds is 8. The quantitative estimate of drug-likeness (QED) is 0.700.